The van der Waals surface area contributed by atoms with Gasteiger partial charge >= 0.3 is 5.97 Å². The molecule has 0 aromatic carbocycles. The van der Waals surface area contributed by atoms with E-state index in [-0.39, 0.29) is 4.88 Å². The number of aromatic carboxylic acids is 1. The van der Waals surface area contributed by atoms with Gasteiger partial charge in [-0.05, 0) is 17.6 Å². The second-order valence-electron chi connectivity index (χ2n) is 2.27. The molecule has 0 unspecified atom stereocenters. The van der Waals surface area contributed by atoms with E-state index in [1.54, 1.807) is 6.07 Å². The van der Waals surface area contributed by atoms with E-state index >= 15 is 0 Å². The molecule has 0 aliphatic rings. The van der Waals surface area contributed by atoms with Crippen LogP contribution in [0.25, 0.3) is 11.3 Å². The standard InChI is InChI=1S/C7H4N2O3S/c10-7(11)6-5(8-9-13-6)4-1-2-12-3-4/h1-3H,(H,10,11). The number of hydrogen-bond donors (Lipinski definition) is 1. The van der Waals surface area contributed by atoms with Gasteiger partial charge in [-0.15, -0.1) is 5.10 Å². The molecule has 6 heteroatoms. The Bertz CT molecular complexity index is 421. The fraction of sp³-hybridized carbons (Fsp3) is 0. The zero-order valence-electron chi connectivity index (χ0n) is 6.30. The van der Waals surface area contributed by atoms with Crippen LogP contribution in [0.4, 0.5) is 0 Å². The minimum atomic E-state index is -1.02. The number of carboxylic acid groups (broad SMARTS) is 1. The summed E-state index contributed by atoms with van der Waals surface area (Å²) >= 11 is 0.854. The van der Waals surface area contributed by atoms with Gasteiger partial charge in [-0.2, -0.15) is 0 Å². The Morgan fingerprint density at radius 1 is 1.62 bits per heavy atom. The maximum atomic E-state index is 10.7. The molecule has 0 aliphatic carbocycles. The summed E-state index contributed by atoms with van der Waals surface area (Å²) in [6.07, 6.45) is 2.89. The molecule has 0 bridgehead atoms. The third kappa shape index (κ3) is 1.31. The lowest BCUT2D eigenvalue weighted by atomic mass is 10.2. The molecule has 0 saturated heterocycles. The lowest BCUT2D eigenvalue weighted by molar-refractivity contribution is 0.0702. The molecule has 66 valence electrons. The van der Waals surface area contributed by atoms with Crippen molar-refractivity contribution in [3.05, 3.63) is 23.5 Å². The summed E-state index contributed by atoms with van der Waals surface area (Å²) in [6.45, 7) is 0. The SMILES string of the molecule is O=C(O)c1snnc1-c1ccoc1. The molecule has 13 heavy (non-hydrogen) atoms. The quantitative estimate of drug-likeness (QED) is 0.787. The first kappa shape index (κ1) is 7.93. The van der Waals surface area contributed by atoms with E-state index in [9.17, 15) is 4.79 Å². The van der Waals surface area contributed by atoms with Crippen molar-refractivity contribution in [2.45, 2.75) is 0 Å². The molecule has 5 nitrogen and oxygen atoms in total. The molecule has 2 aromatic rings. The van der Waals surface area contributed by atoms with Crippen molar-refractivity contribution >= 4 is 17.5 Å². The highest BCUT2D eigenvalue weighted by atomic mass is 32.1. The van der Waals surface area contributed by atoms with E-state index in [0.29, 0.717) is 11.3 Å². The van der Waals surface area contributed by atoms with Crippen LogP contribution in [-0.4, -0.2) is 20.7 Å². The molecule has 0 atom stereocenters. The average molecular weight is 196 g/mol. The number of carbonyl (C=O) groups is 1. The number of aromatic nitrogens is 2. The van der Waals surface area contributed by atoms with Crippen molar-refractivity contribution in [2.24, 2.45) is 0 Å². The highest BCUT2D eigenvalue weighted by Crippen LogP contribution is 2.23. The van der Waals surface area contributed by atoms with Crippen LogP contribution in [0.3, 0.4) is 0 Å². The molecule has 0 spiro atoms. The van der Waals surface area contributed by atoms with Crippen LogP contribution in [0.2, 0.25) is 0 Å². The molecule has 2 rings (SSSR count). The number of hydrogen-bond acceptors (Lipinski definition) is 5. The normalized spacial score (nSPS) is 10.2. The summed E-state index contributed by atoms with van der Waals surface area (Å²) in [5.74, 6) is -1.02. The summed E-state index contributed by atoms with van der Waals surface area (Å²) in [4.78, 5) is 10.8. The van der Waals surface area contributed by atoms with Gasteiger partial charge in [-0.3, -0.25) is 0 Å². The second kappa shape index (κ2) is 2.98. The highest BCUT2D eigenvalue weighted by molar-refractivity contribution is 7.08. The minimum Gasteiger partial charge on any atom is -0.477 e. The molecule has 1 N–H and O–H groups in total. The Balaban J connectivity index is 2.52. The van der Waals surface area contributed by atoms with Crippen LogP contribution in [0.5, 0.6) is 0 Å². The highest BCUT2D eigenvalue weighted by Gasteiger charge is 2.16. The molecule has 0 fully saturated rings. The Labute approximate surface area is 76.8 Å². The predicted octanol–water partition coefficient (Wildman–Crippen LogP) is 1.50. The maximum absolute atomic E-state index is 10.7. The van der Waals surface area contributed by atoms with Gasteiger partial charge in [0, 0.05) is 5.56 Å². The number of nitrogens with zero attached hydrogens (tertiary/aromatic N) is 2. The molecule has 0 saturated carbocycles. The lowest BCUT2D eigenvalue weighted by Gasteiger charge is -1.89. The van der Waals surface area contributed by atoms with Crippen LogP contribution >= 0.6 is 11.5 Å². The van der Waals surface area contributed by atoms with E-state index in [4.69, 9.17) is 9.52 Å². The van der Waals surface area contributed by atoms with Gasteiger partial charge in [0.05, 0.1) is 12.5 Å². The van der Waals surface area contributed by atoms with Gasteiger partial charge in [-0.1, -0.05) is 4.49 Å². The smallest absolute Gasteiger partial charge is 0.349 e. The van der Waals surface area contributed by atoms with Crippen LogP contribution in [-0.2, 0) is 0 Å². The van der Waals surface area contributed by atoms with Gasteiger partial charge in [-0.25, -0.2) is 4.79 Å². The van der Waals surface area contributed by atoms with Gasteiger partial charge in [0.25, 0.3) is 0 Å². The first-order chi connectivity index (χ1) is 6.29. The summed E-state index contributed by atoms with van der Waals surface area (Å²) < 4.78 is 8.39. The molecule has 2 aromatic heterocycles. The first-order valence-corrected chi connectivity index (χ1v) is 4.14. The molecule has 0 radical (unpaired) electrons. The fourth-order valence-corrected chi connectivity index (χ4v) is 1.45. The third-order valence-electron chi connectivity index (χ3n) is 1.48. The maximum Gasteiger partial charge on any atom is 0.349 e. The Morgan fingerprint density at radius 2 is 2.46 bits per heavy atom. The zero-order valence-corrected chi connectivity index (χ0v) is 7.11. The summed E-state index contributed by atoms with van der Waals surface area (Å²) in [6, 6.07) is 1.64. The van der Waals surface area contributed by atoms with Crippen molar-refractivity contribution in [3.8, 4) is 11.3 Å². The Hall–Kier alpha value is -1.69. The fourth-order valence-electron chi connectivity index (χ4n) is 0.919. The average Bonchev–Trinajstić information content (AvgIpc) is 2.74. The van der Waals surface area contributed by atoms with Crippen LogP contribution < -0.4 is 0 Å². The number of rotatable bonds is 2. The Kier molecular flexibility index (Phi) is 1.82. The Morgan fingerprint density at radius 3 is 3.08 bits per heavy atom. The van der Waals surface area contributed by atoms with Crippen molar-refractivity contribution in [1.29, 1.82) is 0 Å². The van der Waals surface area contributed by atoms with E-state index in [2.05, 4.69) is 9.59 Å². The van der Waals surface area contributed by atoms with E-state index < -0.39 is 5.97 Å². The molecular formula is C7H4N2O3S. The number of furan rings is 1. The van der Waals surface area contributed by atoms with E-state index in [1.165, 1.54) is 12.5 Å². The van der Waals surface area contributed by atoms with Crippen LogP contribution in [0, 0.1) is 0 Å². The number of carboxylic acids is 1. The predicted molar refractivity (Wildman–Crippen MR) is 44.6 cm³/mol. The topological polar surface area (TPSA) is 76.2 Å². The van der Waals surface area contributed by atoms with Gasteiger partial charge in [0.1, 0.15) is 5.69 Å². The molecular weight excluding hydrogens is 192 g/mol. The summed E-state index contributed by atoms with van der Waals surface area (Å²) in [5, 5.41) is 12.5. The van der Waals surface area contributed by atoms with Crippen LogP contribution in [0.1, 0.15) is 9.67 Å². The summed E-state index contributed by atoms with van der Waals surface area (Å²) in [5.41, 5.74) is 0.984. The molecule has 2 heterocycles. The van der Waals surface area contributed by atoms with Crippen molar-refractivity contribution in [2.75, 3.05) is 0 Å². The lowest BCUT2D eigenvalue weighted by Crippen LogP contribution is -1.94. The second-order valence-corrected chi connectivity index (χ2v) is 3.02. The monoisotopic (exact) mass is 196 g/mol. The zero-order chi connectivity index (χ0) is 9.26. The van der Waals surface area contributed by atoms with Crippen molar-refractivity contribution in [3.63, 3.8) is 0 Å². The van der Waals surface area contributed by atoms with E-state index in [1.807, 2.05) is 0 Å². The van der Waals surface area contributed by atoms with Gasteiger partial charge < -0.3 is 9.52 Å². The van der Waals surface area contributed by atoms with Crippen molar-refractivity contribution < 1.29 is 14.3 Å². The largest absolute Gasteiger partial charge is 0.477 e. The minimum absolute atomic E-state index is 0.126. The first-order valence-electron chi connectivity index (χ1n) is 3.37. The van der Waals surface area contributed by atoms with Gasteiger partial charge in [0.2, 0.25) is 0 Å². The molecule has 0 amide bonds. The third-order valence-corrected chi connectivity index (χ3v) is 2.19. The summed E-state index contributed by atoms with van der Waals surface area (Å²) in [7, 11) is 0. The van der Waals surface area contributed by atoms with Gasteiger partial charge in [0.15, 0.2) is 4.88 Å². The molecule has 0 aliphatic heterocycles. The van der Waals surface area contributed by atoms with E-state index in [0.717, 1.165) is 11.5 Å². The van der Waals surface area contributed by atoms with Crippen molar-refractivity contribution in [1.82, 2.24) is 9.59 Å². The van der Waals surface area contributed by atoms with Crippen LogP contribution in [0.15, 0.2) is 23.0 Å².